The SMILES string of the molecule is CCC(C)(C)NC(=O)CNc1cc(Br)ccc1Cl. The van der Waals surface area contributed by atoms with Gasteiger partial charge in [-0.25, -0.2) is 0 Å². The van der Waals surface area contributed by atoms with Gasteiger partial charge < -0.3 is 10.6 Å². The van der Waals surface area contributed by atoms with Gasteiger partial charge in [-0.1, -0.05) is 34.5 Å². The average molecular weight is 334 g/mol. The van der Waals surface area contributed by atoms with Crippen LogP contribution in [-0.2, 0) is 4.79 Å². The zero-order valence-electron chi connectivity index (χ0n) is 10.8. The van der Waals surface area contributed by atoms with Crippen molar-refractivity contribution in [3.63, 3.8) is 0 Å². The molecule has 0 bridgehead atoms. The molecular formula is C13H18BrClN2O. The van der Waals surface area contributed by atoms with Gasteiger partial charge in [0, 0.05) is 10.0 Å². The van der Waals surface area contributed by atoms with E-state index in [0.717, 1.165) is 16.6 Å². The van der Waals surface area contributed by atoms with Crippen LogP contribution < -0.4 is 10.6 Å². The van der Waals surface area contributed by atoms with Gasteiger partial charge in [0.15, 0.2) is 0 Å². The Morgan fingerprint density at radius 1 is 1.44 bits per heavy atom. The fraction of sp³-hybridized carbons (Fsp3) is 0.462. The minimum absolute atomic E-state index is 0.0436. The maximum Gasteiger partial charge on any atom is 0.239 e. The molecular weight excluding hydrogens is 316 g/mol. The summed E-state index contributed by atoms with van der Waals surface area (Å²) < 4.78 is 0.920. The highest BCUT2D eigenvalue weighted by Gasteiger charge is 2.17. The fourth-order valence-corrected chi connectivity index (χ4v) is 1.86. The number of carbonyl (C=O) groups excluding carboxylic acids is 1. The van der Waals surface area contributed by atoms with Crippen LogP contribution in [0.4, 0.5) is 5.69 Å². The van der Waals surface area contributed by atoms with Crippen LogP contribution in [0.5, 0.6) is 0 Å². The summed E-state index contributed by atoms with van der Waals surface area (Å²) in [6.45, 7) is 6.24. The monoisotopic (exact) mass is 332 g/mol. The smallest absolute Gasteiger partial charge is 0.239 e. The number of hydrogen-bond acceptors (Lipinski definition) is 2. The lowest BCUT2D eigenvalue weighted by molar-refractivity contribution is -0.121. The van der Waals surface area contributed by atoms with E-state index in [4.69, 9.17) is 11.6 Å². The van der Waals surface area contributed by atoms with Crippen LogP contribution in [0.2, 0.25) is 5.02 Å². The number of halogens is 2. The van der Waals surface area contributed by atoms with Gasteiger partial charge in [0.2, 0.25) is 5.91 Å². The first-order chi connectivity index (χ1) is 8.34. The number of anilines is 1. The van der Waals surface area contributed by atoms with Gasteiger partial charge in [-0.2, -0.15) is 0 Å². The van der Waals surface area contributed by atoms with Gasteiger partial charge >= 0.3 is 0 Å². The van der Waals surface area contributed by atoms with Gasteiger partial charge in [-0.3, -0.25) is 4.79 Å². The Bertz CT molecular complexity index is 435. The topological polar surface area (TPSA) is 41.1 Å². The zero-order chi connectivity index (χ0) is 13.8. The number of hydrogen-bond donors (Lipinski definition) is 2. The molecule has 0 aliphatic carbocycles. The van der Waals surface area contributed by atoms with Crippen molar-refractivity contribution in [2.75, 3.05) is 11.9 Å². The van der Waals surface area contributed by atoms with Crippen LogP contribution in [0.3, 0.4) is 0 Å². The summed E-state index contributed by atoms with van der Waals surface area (Å²) in [6, 6.07) is 5.48. The summed E-state index contributed by atoms with van der Waals surface area (Å²) in [5.41, 5.74) is 0.565. The Hall–Kier alpha value is -0.740. The summed E-state index contributed by atoms with van der Waals surface area (Å²) in [7, 11) is 0. The van der Waals surface area contributed by atoms with Crippen LogP contribution in [0.25, 0.3) is 0 Å². The van der Waals surface area contributed by atoms with Gasteiger partial charge in [-0.05, 0) is 38.5 Å². The number of benzene rings is 1. The molecule has 0 aliphatic rings. The second-order valence-corrected chi connectivity index (χ2v) is 6.09. The van der Waals surface area contributed by atoms with Gasteiger partial charge in [-0.15, -0.1) is 0 Å². The third-order valence-electron chi connectivity index (χ3n) is 2.73. The van der Waals surface area contributed by atoms with Crippen molar-refractivity contribution < 1.29 is 4.79 Å². The lowest BCUT2D eigenvalue weighted by Crippen LogP contribution is -2.45. The van der Waals surface area contributed by atoms with Crippen molar-refractivity contribution in [1.29, 1.82) is 0 Å². The molecule has 2 N–H and O–H groups in total. The van der Waals surface area contributed by atoms with Crippen molar-refractivity contribution in [1.82, 2.24) is 5.32 Å². The Morgan fingerprint density at radius 2 is 2.11 bits per heavy atom. The molecule has 1 rings (SSSR count). The molecule has 100 valence electrons. The number of amides is 1. The van der Waals surface area contributed by atoms with Gasteiger partial charge in [0.05, 0.1) is 17.3 Å². The van der Waals surface area contributed by atoms with Crippen molar-refractivity contribution in [3.8, 4) is 0 Å². The van der Waals surface area contributed by atoms with Crippen LogP contribution >= 0.6 is 27.5 Å². The lowest BCUT2D eigenvalue weighted by atomic mass is 10.0. The Labute approximate surface area is 121 Å². The molecule has 0 radical (unpaired) electrons. The van der Waals surface area contributed by atoms with Crippen LogP contribution in [0, 0.1) is 0 Å². The molecule has 0 saturated carbocycles. The third kappa shape index (κ3) is 4.86. The quantitative estimate of drug-likeness (QED) is 0.860. The number of rotatable bonds is 5. The Morgan fingerprint density at radius 3 is 2.72 bits per heavy atom. The molecule has 0 fully saturated rings. The fourth-order valence-electron chi connectivity index (χ4n) is 1.32. The van der Waals surface area contributed by atoms with E-state index in [9.17, 15) is 4.79 Å². The van der Waals surface area contributed by atoms with E-state index in [2.05, 4.69) is 26.6 Å². The molecule has 0 saturated heterocycles. The second-order valence-electron chi connectivity index (χ2n) is 4.76. The summed E-state index contributed by atoms with van der Waals surface area (Å²) in [6.07, 6.45) is 0.885. The summed E-state index contributed by atoms with van der Waals surface area (Å²) in [5.74, 6) is -0.0436. The summed E-state index contributed by atoms with van der Waals surface area (Å²) in [4.78, 5) is 11.8. The molecule has 0 spiro atoms. The Balaban J connectivity index is 2.55. The Kier molecular flexibility index (Phi) is 5.47. The highest BCUT2D eigenvalue weighted by molar-refractivity contribution is 9.10. The molecule has 1 amide bonds. The lowest BCUT2D eigenvalue weighted by Gasteiger charge is -2.24. The largest absolute Gasteiger partial charge is 0.375 e. The van der Waals surface area contributed by atoms with Crippen molar-refractivity contribution in [3.05, 3.63) is 27.7 Å². The molecule has 0 atom stereocenters. The van der Waals surface area contributed by atoms with Gasteiger partial charge in [0.25, 0.3) is 0 Å². The van der Waals surface area contributed by atoms with Crippen molar-refractivity contribution in [2.45, 2.75) is 32.7 Å². The van der Waals surface area contributed by atoms with Crippen LogP contribution in [0.1, 0.15) is 27.2 Å². The minimum atomic E-state index is -0.181. The first-order valence-electron chi connectivity index (χ1n) is 5.84. The van der Waals surface area contributed by atoms with Crippen LogP contribution in [-0.4, -0.2) is 18.0 Å². The number of nitrogens with one attached hydrogen (secondary N) is 2. The zero-order valence-corrected chi connectivity index (χ0v) is 13.2. The number of carbonyl (C=O) groups is 1. The summed E-state index contributed by atoms with van der Waals surface area (Å²) >= 11 is 9.39. The first-order valence-corrected chi connectivity index (χ1v) is 7.01. The van der Waals surface area contributed by atoms with E-state index in [1.54, 1.807) is 6.07 Å². The molecule has 18 heavy (non-hydrogen) atoms. The van der Waals surface area contributed by atoms with E-state index in [1.165, 1.54) is 0 Å². The van der Waals surface area contributed by atoms with E-state index in [0.29, 0.717) is 5.02 Å². The highest BCUT2D eigenvalue weighted by Crippen LogP contribution is 2.25. The molecule has 1 aromatic carbocycles. The first kappa shape index (κ1) is 15.3. The van der Waals surface area contributed by atoms with Gasteiger partial charge in [0.1, 0.15) is 0 Å². The third-order valence-corrected chi connectivity index (χ3v) is 3.55. The molecule has 0 unspecified atom stereocenters. The predicted molar refractivity (Wildman–Crippen MR) is 80.2 cm³/mol. The maximum absolute atomic E-state index is 11.8. The second kappa shape index (κ2) is 6.43. The summed E-state index contributed by atoms with van der Waals surface area (Å²) in [5, 5.41) is 6.58. The standard InChI is InChI=1S/C13H18BrClN2O/c1-4-13(2,3)17-12(18)8-16-11-7-9(14)5-6-10(11)15/h5-7,16H,4,8H2,1-3H3,(H,17,18). The molecule has 0 heterocycles. The molecule has 0 aromatic heterocycles. The molecule has 5 heteroatoms. The molecule has 1 aromatic rings. The molecule has 3 nitrogen and oxygen atoms in total. The maximum atomic E-state index is 11.8. The highest BCUT2D eigenvalue weighted by atomic mass is 79.9. The average Bonchev–Trinajstić information content (AvgIpc) is 2.30. The van der Waals surface area contributed by atoms with E-state index >= 15 is 0 Å². The van der Waals surface area contributed by atoms with Crippen molar-refractivity contribution in [2.24, 2.45) is 0 Å². The van der Waals surface area contributed by atoms with E-state index in [-0.39, 0.29) is 18.0 Å². The normalized spacial score (nSPS) is 11.2. The van der Waals surface area contributed by atoms with Crippen molar-refractivity contribution >= 4 is 39.1 Å². The van der Waals surface area contributed by atoms with Crippen LogP contribution in [0.15, 0.2) is 22.7 Å². The predicted octanol–water partition coefficient (Wildman–Crippen LogP) is 3.82. The van der Waals surface area contributed by atoms with E-state index < -0.39 is 0 Å². The molecule has 0 aliphatic heterocycles. The minimum Gasteiger partial charge on any atom is -0.375 e. The van der Waals surface area contributed by atoms with E-state index in [1.807, 2.05) is 32.9 Å².